The van der Waals surface area contributed by atoms with Crippen molar-refractivity contribution >= 4 is 11.8 Å². The number of benzene rings is 1. The second-order valence-electron chi connectivity index (χ2n) is 4.75. The normalized spacial score (nSPS) is 12.4. The van der Waals surface area contributed by atoms with Crippen molar-refractivity contribution in [1.82, 2.24) is 0 Å². The summed E-state index contributed by atoms with van der Waals surface area (Å²) >= 11 is 0. The van der Waals surface area contributed by atoms with Crippen LogP contribution < -0.4 is 0 Å². The largest absolute Gasteiger partial charge is 0.268 e. The van der Waals surface area contributed by atoms with Crippen LogP contribution in [0.2, 0.25) is 0 Å². The molecule has 0 radical (unpaired) electrons. The van der Waals surface area contributed by atoms with Gasteiger partial charge >= 0.3 is 0 Å². The summed E-state index contributed by atoms with van der Waals surface area (Å²) in [4.78, 5) is 4.19. The van der Waals surface area contributed by atoms with Gasteiger partial charge in [-0.25, -0.2) is 4.39 Å². The molecular weight excluding hydrogens is 225 g/mol. The van der Waals surface area contributed by atoms with Gasteiger partial charge in [0, 0.05) is 23.6 Å². The number of hydrogen-bond donors (Lipinski definition) is 0. The highest BCUT2D eigenvalue weighted by Crippen LogP contribution is 2.23. The van der Waals surface area contributed by atoms with Crippen LogP contribution in [0.4, 0.5) is 4.39 Å². The molecule has 0 spiro atoms. The van der Waals surface area contributed by atoms with Gasteiger partial charge in [-0.05, 0) is 43.0 Å². The quantitative estimate of drug-likeness (QED) is 0.538. The molecule has 1 nitrogen and oxygen atoms in total. The fourth-order valence-electron chi connectivity index (χ4n) is 1.53. The lowest BCUT2D eigenvalue weighted by Crippen LogP contribution is -1.92. The predicted octanol–water partition coefficient (Wildman–Crippen LogP) is 4.70. The maximum absolute atomic E-state index is 13.9. The summed E-state index contributed by atoms with van der Waals surface area (Å²) < 4.78 is 13.9. The third-order valence-electron chi connectivity index (χ3n) is 2.71. The molecule has 2 heteroatoms. The summed E-state index contributed by atoms with van der Waals surface area (Å²) in [7, 11) is 0. The number of hydrogen-bond acceptors (Lipinski definition) is 1. The Bertz CT molecular complexity index is 496. The number of rotatable bonds is 4. The summed E-state index contributed by atoms with van der Waals surface area (Å²) in [5.41, 5.74) is 3.26. The smallest absolute Gasteiger partial charge is 0.131 e. The first kappa shape index (κ1) is 14.4. The Hall–Kier alpha value is -1.70. The van der Waals surface area contributed by atoms with Crippen LogP contribution >= 0.6 is 0 Å². The molecule has 18 heavy (non-hydrogen) atoms. The minimum absolute atomic E-state index is 0.232. The van der Waals surface area contributed by atoms with Crippen LogP contribution in [0, 0.1) is 25.6 Å². The van der Waals surface area contributed by atoms with Crippen LogP contribution in [0.25, 0.3) is 5.57 Å². The van der Waals surface area contributed by atoms with Crippen molar-refractivity contribution in [2.45, 2.75) is 27.7 Å². The molecule has 0 amide bonds. The van der Waals surface area contributed by atoms with E-state index in [2.05, 4.69) is 11.6 Å². The first-order valence-electron chi connectivity index (χ1n) is 6.08. The van der Waals surface area contributed by atoms with E-state index in [1.807, 2.05) is 40.0 Å². The Balaban J connectivity index is 3.17. The molecule has 0 saturated carbocycles. The summed E-state index contributed by atoms with van der Waals surface area (Å²) in [6.45, 7) is 11.7. The second-order valence-corrected chi connectivity index (χ2v) is 4.75. The molecule has 0 saturated heterocycles. The van der Waals surface area contributed by atoms with E-state index in [9.17, 15) is 4.39 Å². The molecule has 96 valence electrons. The van der Waals surface area contributed by atoms with Crippen LogP contribution in [0.5, 0.6) is 0 Å². The third kappa shape index (κ3) is 3.66. The molecule has 1 aromatic rings. The van der Waals surface area contributed by atoms with Crippen molar-refractivity contribution in [1.29, 1.82) is 0 Å². The van der Waals surface area contributed by atoms with Crippen molar-refractivity contribution in [3.8, 4) is 0 Å². The minimum atomic E-state index is -0.232. The molecule has 0 bridgehead atoms. The van der Waals surface area contributed by atoms with E-state index in [1.165, 1.54) is 0 Å². The Kier molecular flexibility index (Phi) is 5.02. The lowest BCUT2D eigenvalue weighted by Gasteiger charge is -2.07. The van der Waals surface area contributed by atoms with Gasteiger partial charge in [0.25, 0.3) is 0 Å². The van der Waals surface area contributed by atoms with Crippen LogP contribution in [0.3, 0.4) is 0 Å². The van der Waals surface area contributed by atoms with Gasteiger partial charge in [0.1, 0.15) is 5.82 Å². The first-order chi connectivity index (χ1) is 8.45. The lowest BCUT2D eigenvalue weighted by molar-refractivity contribution is 0.622. The molecule has 1 aromatic carbocycles. The standard InChI is InChI=1S/C16H20FN/c1-6-14(10-18-9-11(2)3)15-7-12(4)13(5)8-16(15)17/h6-11H,1H2,2-5H3/b14-10+,18-9?. The minimum Gasteiger partial charge on any atom is -0.268 e. The topological polar surface area (TPSA) is 12.4 Å². The van der Waals surface area contributed by atoms with Gasteiger partial charge < -0.3 is 0 Å². The fourth-order valence-corrected chi connectivity index (χ4v) is 1.53. The molecule has 0 N–H and O–H groups in total. The van der Waals surface area contributed by atoms with Crippen LogP contribution in [0.1, 0.15) is 30.5 Å². The van der Waals surface area contributed by atoms with Crippen LogP contribution in [-0.2, 0) is 0 Å². The zero-order valence-electron chi connectivity index (χ0n) is 11.5. The van der Waals surface area contributed by atoms with Gasteiger partial charge in [0.05, 0.1) is 0 Å². The maximum Gasteiger partial charge on any atom is 0.131 e. The number of halogens is 1. The average molecular weight is 245 g/mol. The van der Waals surface area contributed by atoms with Crippen molar-refractivity contribution in [3.05, 3.63) is 53.5 Å². The van der Waals surface area contributed by atoms with E-state index >= 15 is 0 Å². The van der Waals surface area contributed by atoms with Crippen molar-refractivity contribution in [2.75, 3.05) is 0 Å². The van der Waals surface area contributed by atoms with Gasteiger partial charge in [-0.1, -0.05) is 26.5 Å². The van der Waals surface area contributed by atoms with Crippen LogP contribution in [-0.4, -0.2) is 6.21 Å². The van der Waals surface area contributed by atoms with Gasteiger partial charge in [-0.15, -0.1) is 0 Å². The zero-order chi connectivity index (χ0) is 13.7. The second kappa shape index (κ2) is 6.29. The molecule has 0 unspecified atom stereocenters. The highest BCUT2D eigenvalue weighted by Gasteiger charge is 2.07. The molecule has 0 aliphatic carbocycles. The van der Waals surface area contributed by atoms with Crippen LogP contribution in [0.15, 0.2) is 36.0 Å². The Labute approximate surface area is 109 Å². The Morgan fingerprint density at radius 2 is 1.89 bits per heavy atom. The number of nitrogens with zero attached hydrogens (tertiary/aromatic N) is 1. The third-order valence-corrected chi connectivity index (χ3v) is 2.71. The first-order valence-corrected chi connectivity index (χ1v) is 6.08. The molecule has 0 fully saturated rings. The molecule has 1 rings (SSSR count). The van der Waals surface area contributed by atoms with E-state index in [0.29, 0.717) is 17.1 Å². The lowest BCUT2D eigenvalue weighted by atomic mass is 10.0. The molecule has 0 atom stereocenters. The van der Waals surface area contributed by atoms with Crippen molar-refractivity contribution < 1.29 is 4.39 Å². The Morgan fingerprint density at radius 1 is 1.28 bits per heavy atom. The monoisotopic (exact) mass is 245 g/mol. The highest BCUT2D eigenvalue weighted by atomic mass is 19.1. The van der Waals surface area contributed by atoms with Crippen molar-refractivity contribution in [3.63, 3.8) is 0 Å². The number of aliphatic imine (C=N–C) groups is 1. The van der Waals surface area contributed by atoms with E-state index in [0.717, 1.165) is 11.1 Å². The highest BCUT2D eigenvalue weighted by molar-refractivity contribution is 5.75. The van der Waals surface area contributed by atoms with Gasteiger partial charge in [-0.2, -0.15) is 0 Å². The van der Waals surface area contributed by atoms with Crippen molar-refractivity contribution in [2.24, 2.45) is 10.9 Å². The summed E-state index contributed by atoms with van der Waals surface area (Å²) in [6, 6.07) is 3.39. The molecule has 0 aliphatic heterocycles. The predicted molar refractivity (Wildman–Crippen MR) is 77.4 cm³/mol. The molecule has 0 aliphatic rings. The number of allylic oxidation sites excluding steroid dienone is 2. The van der Waals surface area contributed by atoms with Gasteiger partial charge in [-0.3, -0.25) is 4.99 Å². The van der Waals surface area contributed by atoms with E-state index in [-0.39, 0.29) is 5.82 Å². The van der Waals surface area contributed by atoms with Gasteiger partial charge in [0.2, 0.25) is 0 Å². The average Bonchev–Trinajstić information content (AvgIpc) is 2.30. The van der Waals surface area contributed by atoms with E-state index < -0.39 is 0 Å². The zero-order valence-corrected chi connectivity index (χ0v) is 11.5. The summed E-state index contributed by atoms with van der Waals surface area (Å²) in [5, 5.41) is 0. The molecular formula is C16H20FN. The van der Waals surface area contributed by atoms with Gasteiger partial charge in [0.15, 0.2) is 0 Å². The number of aryl methyl sites for hydroxylation is 2. The van der Waals surface area contributed by atoms with E-state index in [4.69, 9.17) is 0 Å². The van der Waals surface area contributed by atoms with E-state index in [1.54, 1.807) is 18.3 Å². The Morgan fingerprint density at radius 3 is 2.44 bits per heavy atom. The molecule has 0 aromatic heterocycles. The molecule has 0 heterocycles. The summed E-state index contributed by atoms with van der Waals surface area (Å²) in [6.07, 6.45) is 5.10. The maximum atomic E-state index is 13.9. The SMILES string of the molecule is C=C/C(=C\N=CC(C)C)c1cc(C)c(C)cc1F. The fraction of sp³-hybridized carbons (Fsp3) is 0.312. The summed E-state index contributed by atoms with van der Waals surface area (Å²) in [5.74, 6) is 0.140.